The number of ketones is 1. The normalized spacial score (nSPS) is 17.6. The van der Waals surface area contributed by atoms with Crippen molar-refractivity contribution in [2.45, 2.75) is 58.8 Å². The first-order chi connectivity index (χ1) is 10.9. The van der Waals surface area contributed by atoms with Crippen molar-refractivity contribution in [3.8, 4) is 11.5 Å². The van der Waals surface area contributed by atoms with E-state index >= 15 is 0 Å². The summed E-state index contributed by atoms with van der Waals surface area (Å²) in [5, 5.41) is 0. The zero-order valence-electron chi connectivity index (χ0n) is 15.1. The largest absolute Gasteiger partial charge is 0.496 e. The van der Waals surface area contributed by atoms with Gasteiger partial charge in [0.25, 0.3) is 0 Å². The Hall–Kier alpha value is -1.51. The van der Waals surface area contributed by atoms with Gasteiger partial charge >= 0.3 is 0 Å². The molecule has 3 nitrogen and oxygen atoms in total. The number of ether oxygens (including phenoxy) is 2. The summed E-state index contributed by atoms with van der Waals surface area (Å²) in [4.78, 5) is 13.3. The van der Waals surface area contributed by atoms with Crippen molar-refractivity contribution < 1.29 is 14.3 Å². The summed E-state index contributed by atoms with van der Waals surface area (Å²) < 4.78 is 11.2. The SMILES string of the molecule is COc1cccc(OC)c1C(C(=O)C(C)(C)C)C1CCCCC1. The fourth-order valence-electron chi connectivity index (χ4n) is 3.70. The Morgan fingerprint density at radius 1 is 1.04 bits per heavy atom. The van der Waals surface area contributed by atoms with Crippen LogP contribution in [0, 0.1) is 11.3 Å². The average molecular weight is 318 g/mol. The van der Waals surface area contributed by atoms with Gasteiger partial charge in [-0.15, -0.1) is 0 Å². The Bertz CT molecular complexity index is 514. The predicted octanol–water partition coefficient (Wildman–Crippen LogP) is 4.98. The Morgan fingerprint density at radius 2 is 1.57 bits per heavy atom. The van der Waals surface area contributed by atoms with Crippen molar-refractivity contribution in [1.29, 1.82) is 0 Å². The smallest absolute Gasteiger partial charge is 0.146 e. The summed E-state index contributed by atoms with van der Waals surface area (Å²) in [7, 11) is 3.33. The van der Waals surface area contributed by atoms with Crippen molar-refractivity contribution in [3.05, 3.63) is 23.8 Å². The van der Waals surface area contributed by atoms with E-state index in [1.165, 1.54) is 19.3 Å². The molecule has 0 spiro atoms. The van der Waals surface area contributed by atoms with E-state index in [1.54, 1.807) is 14.2 Å². The van der Waals surface area contributed by atoms with Crippen molar-refractivity contribution in [1.82, 2.24) is 0 Å². The number of methoxy groups -OCH3 is 2. The summed E-state index contributed by atoms with van der Waals surface area (Å²) in [6, 6.07) is 5.79. The Labute approximate surface area is 140 Å². The molecule has 1 saturated carbocycles. The minimum absolute atomic E-state index is 0.151. The number of benzene rings is 1. The lowest BCUT2D eigenvalue weighted by molar-refractivity contribution is -0.129. The molecule has 0 N–H and O–H groups in total. The highest BCUT2D eigenvalue weighted by molar-refractivity contribution is 5.91. The lowest BCUT2D eigenvalue weighted by Gasteiger charge is -2.35. The van der Waals surface area contributed by atoms with E-state index in [1.807, 2.05) is 39.0 Å². The molecule has 1 aromatic carbocycles. The van der Waals surface area contributed by atoms with E-state index in [4.69, 9.17) is 9.47 Å². The number of hydrogen-bond acceptors (Lipinski definition) is 3. The zero-order valence-corrected chi connectivity index (χ0v) is 15.1. The Balaban J connectivity index is 2.55. The van der Waals surface area contributed by atoms with Crippen molar-refractivity contribution in [2.24, 2.45) is 11.3 Å². The van der Waals surface area contributed by atoms with Crippen molar-refractivity contribution >= 4 is 5.78 Å². The third-order valence-electron chi connectivity index (χ3n) is 4.92. The van der Waals surface area contributed by atoms with Gasteiger partial charge in [-0.05, 0) is 30.9 Å². The number of Topliss-reactive ketones (excluding diaryl/α,β-unsaturated/α-hetero) is 1. The lowest BCUT2D eigenvalue weighted by atomic mass is 9.69. The van der Waals surface area contributed by atoms with Gasteiger partial charge in [-0.2, -0.15) is 0 Å². The topological polar surface area (TPSA) is 35.5 Å². The zero-order chi connectivity index (χ0) is 17.0. The minimum Gasteiger partial charge on any atom is -0.496 e. The number of carbonyl (C=O) groups excluding carboxylic acids is 1. The molecule has 1 fully saturated rings. The second-order valence-electron chi connectivity index (χ2n) is 7.57. The van der Waals surface area contributed by atoms with Crippen LogP contribution in [0.25, 0.3) is 0 Å². The van der Waals surface area contributed by atoms with Gasteiger partial charge in [0.1, 0.15) is 17.3 Å². The molecule has 0 aliphatic heterocycles. The molecule has 0 aromatic heterocycles. The fourth-order valence-corrected chi connectivity index (χ4v) is 3.70. The van der Waals surface area contributed by atoms with Crippen LogP contribution in [0.2, 0.25) is 0 Å². The molecule has 0 radical (unpaired) electrons. The summed E-state index contributed by atoms with van der Waals surface area (Å²) in [5.41, 5.74) is 0.554. The summed E-state index contributed by atoms with van der Waals surface area (Å²) in [6.45, 7) is 6.02. The monoisotopic (exact) mass is 318 g/mol. The molecule has 2 rings (SSSR count). The molecule has 0 saturated heterocycles. The lowest BCUT2D eigenvalue weighted by Crippen LogP contribution is -2.33. The van der Waals surface area contributed by atoms with Gasteiger partial charge in [0.2, 0.25) is 0 Å². The van der Waals surface area contributed by atoms with E-state index < -0.39 is 0 Å². The standard InChI is InChI=1S/C20H30O3/c1-20(2,3)19(21)17(14-10-7-6-8-11-14)18-15(22-4)12-9-13-16(18)23-5/h9,12-14,17H,6-8,10-11H2,1-5H3. The van der Waals surface area contributed by atoms with E-state index in [0.29, 0.717) is 5.92 Å². The van der Waals surface area contributed by atoms with Gasteiger partial charge in [-0.25, -0.2) is 0 Å². The maximum Gasteiger partial charge on any atom is 0.146 e. The molecule has 0 bridgehead atoms. The van der Waals surface area contributed by atoms with Crippen LogP contribution >= 0.6 is 0 Å². The first-order valence-electron chi connectivity index (χ1n) is 8.65. The first kappa shape index (κ1) is 17.8. The molecule has 1 aliphatic rings. The second-order valence-corrected chi connectivity index (χ2v) is 7.57. The summed E-state index contributed by atoms with van der Waals surface area (Å²) >= 11 is 0. The maximum atomic E-state index is 13.3. The molecule has 1 aromatic rings. The summed E-state index contributed by atoms with van der Waals surface area (Å²) in [6.07, 6.45) is 5.89. The molecule has 1 atom stereocenters. The predicted molar refractivity (Wildman–Crippen MR) is 93.3 cm³/mol. The average Bonchev–Trinajstić information content (AvgIpc) is 2.55. The third kappa shape index (κ3) is 3.88. The maximum absolute atomic E-state index is 13.3. The van der Waals surface area contributed by atoms with Gasteiger partial charge in [-0.1, -0.05) is 46.1 Å². The summed E-state index contributed by atoms with van der Waals surface area (Å²) in [5.74, 6) is 2.03. The molecule has 1 aliphatic carbocycles. The minimum atomic E-state index is -0.381. The van der Waals surface area contributed by atoms with Crippen LogP contribution in [-0.4, -0.2) is 20.0 Å². The van der Waals surface area contributed by atoms with Crippen LogP contribution in [0.4, 0.5) is 0 Å². The van der Waals surface area contributed by atoms with Gasteiger partial charge in [-0.3, -0.25) is 4.79 Å². The number of carbonyl (C=O) groups is 1. The highest BCUT2D eigenvalue weighted by atomic mass is 16.5. The van der Waals surface area contributed by atoms with E-state index in [2.05, 4.69) is 0 Å². The van der Waals surface area contributed by atoms with Crippen LogP contribution < -0.4 is 9.47 Å². The van der Waals surface area contributed by atoms with Gasteiger partial charge in [0, 0.05) is 11.0 Å². The molecule has 0 heterocycles. The van der Waals surface area contributed by atoms with Gasteiger partial charge in [0.05, 0.1) is 20.1 Å². The quantitative estimate of drug-likeness (QED) is 0.768. The van der Waals surface area contributed by atoms with Crippen LogP contribution in [0.1, 0.15) is 64.4 Å². The number of hydrogen-bond donors (Lipinski definition) is 0. The Kier molecular flexibility index (Phi) is 5.72. The molecule has 3 heteroatoms. The van der Waals surface area contributed by atoms with E-state index in [0.717, 1.165) is 29.9 Å². The van der Waals surface area contributed by atoms with Crippen LogP contribution in [0.5, 0.6) is 11.5 Å². The third-order valence-corrected chi connectivity index (χ3v) is 4.92. The highest BCUT2D eigenvalue weighted by Gasteiger charge is 2.39. The van der Waals surface area contributed by atoms with E-state index in [-0.39, 0.29) is 17.1 Å². The van der Waals surface area contributed by atoms with Crippen molar-refractivity contribution in [3.63, 3.8) is 0 Å². The van der Waals surface area contributed by atoms with Crippen LogP contribution in [0.15, 0.2) is 18.2 Å². The molecule has 1 unspecified atom stereocenters. The molecule has 23 heavy (non-hydrogen) atoms. The van der Waals surface area contributed by atoms with Crippen molar-refractivity contribution in [2.75, 3.05) is 14.2 Å². The molecular weight excluding hydrogens is 288 g/mol. The second kappa shape index (κ2) is 7.37. The number of rotatable bonds is 5. The van der Waals surface area contributed by atoms with Gasteiger partial charge in [0.15, 0.2) is 0 Å². The Morgan fingerprint density at radius 3 is 2.00 bits per heavy atom. The van der Waals surface area contributed by atoms with Gasteiger partial charge < -0.3 is 9.47 Å². The van der Waals surface area contributed by atoms with Crippen LogP contribution in [0.3, 0.4) is 0 Å². The molecular formula is C20H30O3. The van der Waals surface area contributed by atoms with E-state index in [9.17, 15) is 4.79 Å². The van der Waals surface area contributed by atoms with Crippen LogP contribution in [-0.2, 0) is 4.79 Å². The molecule has 0 amide bonds. The highest BCUT2D eigenvalue weighted by Crippen LogP contribution is 2.46. The first-order valence-corrected chi connectivity index (χ1v) is 8.65. The fraction of sp³-hybridized carbons (Fsp3) is 0.650. The molecule has 128 valence electrons.